The lowest BCUT2D eigenvalue weighted by molar-refractivity contribution is -0.147. The Hall–Kier alpha value is -0.610. The maximum absolute atomic E-state index is 12.7. The molecular weight excluding hydrogens is 252 g/mol. The summed E-state index contributed by atoms with van der Waals surface area (Å²) in [6.45, 7) is 4.32. The van der Waals surface area contributed by atoms with Crippen molar-refractivity contribution in [3.63, 3.8) is 0 Å². The number of unbranched alkanes of at least 4 members (excludes halogenated alkanes) is 4. The molecule has 1 rings (SSSR count). The third kappa shape index (κ3) is 4.74. The number of hydrogen-bond acceptors (Lipinski definition) is 3. The van der Waals surface area contributed by atoms with Gasteiger partial charge < -0.3 is 15.7 Å². The maximum atomic E-state index is 12.7. The zero-order valence-corrected chi connectivity index (χ0v) is 13.1. The van der Waals surface area contributed by atoms with Gasteiger partial charge in [0, 0.05) is 26.2 Å². The first kappa shape index (κ1) is 17.4. The first-order valence-corrected chi connectivity index (χ1v) is 8.30. The molecule has 1 saturated carbocycles. The van der Waals surface area contributed by atoms with Crippen LogP contribution < -0.4 is 5.73 Å². The van der Waals surface area contributed by atoms with Gasteiger partial charge in [-0.1, -0.05) is 39.0 Å². The van der Waals surface area contributed by atoms with Crippen molar-refractivity contribution in [2.75, 3.05) is 26.2 Å². The van der Waals surface area contributed by atoms with Gasteiger partial charge in [0.25, 0.3) is 0 Å². The largest absolute Gasteiger partial charge is 0.396 e. The molecular formula is C16H32N2O2. The summed E-state index contributed by atoms with van der Waals surface area (Å²) in [5.74, 6) is 0.232. The molecule has 118 valence electrons. The summed E-state index contributed by atoms with van der Waals surface area (Å²) in [5, 5.41) is 9.01. The molecule has 0 spiro atoms. The van der Waals surface area contributed by atoms with Gasteiger partial charge in [-0.05, 0) is 25.7 Å². The van der Waals surface area contributed by atoms with Gasteiger partial charge in [0.2, 0.25) is 5.91 Å². The Morgan fingerprint density at radius 1 is 1.15 bits per heavy atom. The highest BCUT2D eigenvalue weighted by Gasteiger charge is 2.44. The van der Waals surface area contributed by atoms with Gasteiger partial charge in [0.15, 0.2) is 0 Å². The van der Waals surface area contributed by atoms with Gasteiger partial charge in [-0.2, -0.15) is 0 Å². The van der Waals surface area contributed by atoms with Crippen LogP contribution in [0.4, 0.5) is 0 Å². The molecule has 1 aliphatic rings. The summed E-state index contributed by atoms with van der Waals surface area (Å²) in [5.41, 5.74) is 5.55. The second-order valence-electron chi connectivity index (χ2n) is 6.12. The molecule has 0 heterocycles. The molecule has 4 heteroatoms. The third-order valence-electron chi connectivity index (χ3n) is 4.56. The Balaban J connectivity index is 2.43. The molecule has 0 aromatic carbocycles. The minimum absolute atomic E-state index is 0.148. The van der Waals surface area contributed by atoms with Crippen LogP contribution in [0.25, 0.3) is 0 Å². The standard InChI is InChI=1S/C16H32N2O2/c1-2-3-4-5-6-11-18(12-8-13-19)15(20)16(14-17)9-7-10-16/h19H,2-14,17H2,1H3. The van der Waals surface area contributed by atoms with Crippen LogP contribution in [-0.2, 0) is 4.79 Å². The normalized spacial score (nSPS) is 16.8. The van der Waals surface area contributed by atoms with E-state index in [1.165, 1.54) is 25.7 Å². The number of amides is 1. The number of carbonyl (C=O) groups is 1. The van der Waals surface area contributed by atoms with Gasteiger partial charge >= 0.3 is 0 Å². The van der Waals surface area contributed by atoms with Crippen LogP contribution in [-0.4, -0.2) is 42.2 Å². The monoisotopic (exact) mass is 284 g/mol. The van der Waals surface area contributed by atoms with Crippen molar-refractivity contribution in [2.45, 2.75) is 64.7 Å². The lowest BCUT2D eigenvalue weighted by Crippen LogP contribution is -2.52. The molecule has 20 heavy (non-hydrogen) atoms. The summed E-state index contributed by atoms with van der Waals surface area (Å²) >= 11 is 0. The highest BCUT2D eigenvalue weighted by Crippen LogP contribution is 2.41. The summed E-state index contributed by atoms with van der Waals surface area (Å²) in [6.07, 6.45) is 9.68. The topological polar surface area (TPSA) is 66.6 Å². The van der Waals surface area contributed by atoms with Gasteiger partial charge in [-0.3, -0.25) is 4.79 Å². The molecule has 0 aromatic heterocycles. The van der Waals surface area contributed by atoms with Crippen molar-refractivity contribution in [1.29, 1.82) is 0 Å². The van der Waals surface area contributed by atoms with E-state index in [0.29, 0.717) is 19.5 Å². The smallest absolute Gasteiger partial charge is 0.230 e. The van der Waals surface area contributed by atoms with E-state index in [2.05, 4.69) is 6.92 Å². The molecule has 0 atom stereocenters. The molecule has 1 fully saturated rings. The summed E-state index contributed by atoms with van der Waals surface area (Å²) < 4.78 is 0. The third-order valence-corrected chi connectivity index (χ3v) is 4.56. The van der Waals surface area contributed by atoms with Crippen molar-refractivity contribution in [2.24, 2.45) is 11.1 Å². The van der Waals surface area contributed by atoms with Crippen LogP contribution >= 0.6 is 0 Å². The summed E-state index contributed by atoms with van der Waals surface area (Å²) in [7, 11) is 0. The average Bonchev–Trinajstić information content (AvgIpc) is 2.41. The van der Waals surface area contributed by atoms with Gasteiger partial charge in [-0.25, -0.2) is 0 Å². The highest BCUT2D eigenvalue weighted by atomic mass is 16.3. The molecule has 0 aromatic rings. The van der Waals surface area contributed by atoms with Crippen molar-refractivity contribution in [3.8, 4) is 0 Å². The quantitative estimate of drug-likeness (QED) is 0.572. The van der Waals surface area contributed by atoms with E-state index < -0.39 is 0 Å². The number of rotatable bonds is 11. The van der Waals surface area contributed by atoms with Crippen LogP contribution in [0.1, 0.15) is 64.7 Å². The highest BCUT2D eigenvalue weighted by molar-refractivity contribution is 5.84. The molecule has 1 amide bonds. The molecule has 4 nitrogen and oxygen atoms in total. The van der Waals surface area contributed by atoms with E-state index in [9.17, 15) is 4.79 Å². The second-order valence-corrected chi connectivity index (χ2v) is 6.12. The number of nitrogens with zero attached hydrogens (tertiary/aromatic N) is 1. The predicted octanol–water partition coefficient (Wildman–Crippen LogP) is 2.30. The molecule has 1 aliphatic carbocycles. The Bertz CT molecular complexity index is 272. The van der Waals surface area contributed by atoms with Crippen LogP contribution in [0.2, 0.25) is 0 Å². The van der Waals surface area contributed by atoms with E-state index in [0.717, 1.165) is 32.2 Å². The zero-order chi connectivity index (χ0) is 14.8. The van der Waals surface area contributed by atoms with Crippen LogP contribution in [0.5, 0.6) is 0 Å². The first-order chi connectivity index (χ1) is 9.70. The fourth-order valence-corrected chi connectivity index (χ4v) is 2.93. The van der Waals surface area contributed by atoms with E-state index >= 15 is 0 Å². The van der Waals surface area contributed by atoms with Gasteiger partial charge in [0.05, 0.1) is 5.41 Å². The van der Waals surface area contributed by atoms with Crippen molar-refractivity contribution < 1.29 is 9.90 Å². The van der Waals surface area contributed by atoms with E-state index in [1.54, 1.807) is 0 Å². The molecule has 3 N–H and O–H groups in total. The van der Waals surface area contributed by atoms with Crippen LogP contribution in [0, 0.1) is 5.41 Å². The Labute approximate surface area is 123 Å². The minimum atomic E-state index is -0.279. The van der Waals surface area contributed by atoms with Crippen LogP contribution in [0.15, 0.2) is 0 Å². The van der Waals surface area contributed by atoms with E-state index in [1.807, 2.05) is 4.90 Å². The Kier molecular flexibility index (Phi) is 8.15. The molecule has 0 saturated heterocycles. The minimum Gasteiger partial charge on any atom is -0.396 e. The summed E-state index contributed by atoms with van der Waals surface area (Å²) in [6, 6.07) is 0. The van der Waals surface area contributed by atoms with Gasteiger partial charge in [-0.15, -0.1) is 0 Å². The number of hydrogen-bond donors (Lipinski definition) is 2. The number of aliphatic hydroxyl groups is 1. The lowest BCUT2D eigenvalue weighted by atomic mass is 9.67. The molecule has 0 unspecified atom stereocenters. The zero-order valence-electron chi connectivity index (χ0n) is 13.1. The fraction of sp³-hybridized carbons (Fsp3) is 0.938. The van der Waals surface area contributed by atoms with E-state index in [4.69, 9.17) is 10.8 Å². The second kappa shape index (κ2) is 9.35. The predicted molar refractivity (Wildman–Crippen MR) is 82.4 cm³/mol. The number of aliphatic hydroxyl groups excluding tert-OH is 1. The van der Waals surface area contributed by atoms with Crippen LogP contribution in [0.3, 0.4) is 0 Å². The Morgan fingerprint density at radius 2 is 1.80 bits per heavy atom. The van der Waals surface area contributed by atoms with Crippen molar-refractivity contribution >= 4 is 5.91 Å². The van der Waals surface area contributed by atoms with Crippen molar-refractivity contribution in [1.82, 2.24) is 4.90 Å². The first-order valence-electron chi connectivity index (χ1n) is 8.30. The number of nitrogens with two attached hydrogens (primary N) is 1. The number of carbonyl (C=O) groups excluding carboxylic acids is 1. The van der Waals surface area contributed by atoms with E-state index in [-0.39, 0.29) is 17.9 Å². The maximum Gasteiger partial charge on any atom is 0.230 e. The Morgan fingerprint density at radius 3 is 2.30 bits per heavy atom. The SMILES string of the molecule is CCCCCCCN(CCCO)C(=O)C1(CN)CCC1. The average molecular weight is 284 g/mol. The molecule has 0 bridgehead atoms. The lowest BCUT2D eigenvalue weighted by Gasteiger charge is -2.42. The van der Waals surface area contributed by atoms with Crippen molar-refractivity contribution in [3.05, 3.63) is 0 Å². The van der Waals surface area contributed by atoms with Gasteiger partial charge in [0.1, 0.15) is 0 Å². The fourth-order valence-electron chi connectivity index (χ4n) is 2.93. The molecule has 0 aliphatic heterocycles. The molecule has 0 radical (unpaired) electrons. The summed E-state index contributed by atoms with van der Waals surface area (Å²) in [4.78, 5) is 14.6.